The van der Waals surface area contributed by atoms with Crippen LogP contribution in [-0.2, 0) is 18.3 Å². The lowest BCUT2D eigenvalue weighted by molar-refractivity contribution is -0.123. The summed E-state index contributed by atoms with van der Waals surface area (Å²) >= 11 is 0. The molecule has 100 valence electrons. The van der Waals surface area contributed by atoms with Crippen molar-refractivity contribution in [2.24, 2.45) is 18.9 Å². The molecule has 0 N–H and O–H groups in total. The average molecular weight is 249 g/mol. The molecular weight excluding hydrogens is 226 g/mol. The monoisotopic (exact) mass is 249 g/mol. The van der Waals surface area contributed by atoms with Gasteiger partial charge in [0.2, 0.25) is 0 Å². The summed E-state index contributed by atoms with van der Waals surface area (Å²) in [7, 11) is 1.84. The summed E-state index contributed by atoms with van der Waals surface area (Å²) in [5.41, 5.74) is 0. The van der Waals surface area contributed by atoms with Gasteiger partial charge in [0.15, 0.2) is 0 Å². The molecule has 0 amide bonds. The molecule has 4 nitrogen and oxygen atoms in total. The summed E-state index contributed by atoms with van der Waals surface area (Å²) in [4.78, 5) is 16.3. The molecule has 0 unspecified atom stereocenters. The average Bonchev–Trinajstić information content (AvgIpc) is 2.76. The van der Waals surface area contributed by atoms with Gasteiger partial charge in [0.05, 0.1) is 6.42 Å². The van der Waals surface area contributed by atoms with Gasteiger partial charge < -0.3 is 0 Å². The van der Waals surface area contributed by atoms with Crippen LogP contribution in [0.1, 0.15) is 51.3 Å². The highest BCUT2D eigenvalue weighted by Crippen LogP contribution is 2.32. The maximum absolute atomic E-state index is 12.2. The second-order valence-electron chi connectivity index (χ2n) is 5.45. The van der Waals surface area contributed by atoms with Gasteiger partial charge in [0.25, 0.3) is 0 Å². The Balaban J connectivity index is 1.83. The summed E-state index contributed by atoms with van der Waals surface area (Å²) in [5.74, 6) is 2.25. The highest BCUT2D eigenvalue weighted by molar-refractivity contribution is 5.82. The molecule has 0 saturated heterocycles. The Morgan fingerprint density at radius 2 is 2.11 bits per heavy atom. The van der Waals surface area contributed by atoms with Crippen molar-refractivity contribution in [3.8, 4) is 0 Å². The van der Waals surface area contributed by atoms with E-state index >= 15 is 0 Å². The summed E-state index contributed by atoms with van der Waals surface area (Å²) in [6.07, 6.45) is 9.14. The van der Waals surface area contributed by atoms with Crippen molar-refractivity contribution in [3.05, 3.63) is 12.2 Å². The van der Waals surface area contributed by atoms with Gasteiger partial charge in [-0.25, -0.2) is 4.98 Å². The number of hydrogen-bond donors (Lipinski definition) is 0. The van der Waals surface area contributed by atoms with Crippen molar-refractivity contribution in [1.82, 2.24) is 14.8 Å². The summed E-state index contributed by atoms with van der Waals surface area (Å²) < 4.78 is 1.70. The first kappa shape index (κ1) is 13.2. The number of carbonyl (C=O) groups is 1. The van der Waals surface area contributed by atoms with Crippen LogP contribution < -0.4 is 0 Å². The Morgan fingerprint density at radius 3 is 2.67 bits per heavy atom. The number of carbonyl (C=O) groups excluding carboxylic acids is 1. The first-order valence-corrected chi connectivity index (χ1v) is 7.06. The standard InChI is InChI=1S/C14H23N3O/c1-3-4-11-5-7-12(8-6-11)13(18)9-14-15-10-16-17(14)2/h10-12H,3-9H2,1-2H3. The molecule has 18 heavy (non-hydrogen) atoms. The predicted octanol–water partition coefficient (Wildman–Crippen LogP) is 2.53. The van der Waals surface area contributed by atoms with E-state index in [4.69, 9.17) is 0 Å². The van der Waals surface area contributed by atoms with E-state index in [1.54, 1.807) is 4.68 Å². The second-order valence-corrected chi connectivity index (χ2v) is 5.45. The summed E-state index contributed by atoms with van der Waals surface area (Å²) in [6.45, 7) is 2.24. The van der Waals surface area contributed by atoms with Gasteiger partial charge in [0.1, 0.15) is 17.9 Å². The molecule has 0 radical (unpaired) electrons. The minimum Gasteiger partial charge on any atom is -0.299 e. The van der Waals surface area contributed by atoms with Crippen LogP contribution in [0.5, 0.6) is 0 Å². The zero-order valence-electron chi connectivity index (χ0n) is 11.4. The first-order valence-electron chi connectivity index (χ1n) is 7.06. The van der Waals surface area contributed by atoms with Gasteiger partial charge in [-0.1, -0.05) is 19.8 Å². The molecule has 0 spiro atoms. The minimum atomic E-state index is 0.259. The van der Waals surface area contributed by atoms with Crippen LogP contribution in [-0.4, -0.2) is 20.5 Å². The van der Waals surface area contributed by atoms with E-state index in [1.807, 2.05) is 7.05 Å². The molecule has 0 atom stereocenters. The fourth-order valence-corrected chi connectivity index (χ4v) is 2.96. The van der Waals surface area contributed by atoms with E-state index in [2.05, 4.69) is 17.0 Å². The van der Waals surface area contributed by atoms with Gasteiger partial charge in [-0.15, -0.1) is 0 Å². The number of ketones is 1. The predicted molar refractivity (Wildman–Crippen MR) is 70.1 cm³/mol. The lowest BCUT2D eigenvalue weighted by Crippen LogP contribution is -2.24. The van der Waals surface area contributed by atoms with Crippen molar-refractivity contribution in [2.45, 2.75) is 51.9 Å². The van der Waals surface area contributed by atoms with Gasteiger partial charge in [0, 0.05) is 13.0 Å². The normalized spacial score (nSPS) is 24.1. The molecule has 1 aromatic rings. The van der Waals surface area contributed by atoms with Crippen LogP contribution in [0, 0.1) is 11.8 Å². The number of rotatable bonds is 5. The highest BCUT2D eigenvalue weighted by Gasteiger charge is 2.26. The van der Waals surface area contributed by atoms with E-state index in [0.29, 0.717) is 12.2 Å². The van der Waals surface area contributed by atoms with E-state index in [9.17, 15) is 4.79 Å². The Kier molecular flexibility index (Phi) is 4.50. The van der Waals surface area contributed by atoms with E-state index in [-0.39, 0.29) is 5.92 Å². The lowest BCUT2D eigenvalue weighted by atomic mass is 9.78. The number of Topliss-reactive ketones (excluding diaryl/α,β-unsaturated/α-hetero) is 1. The Bertz CT molecular complexity index is 391. The molecule has 1 saturated carbocycles. The molecule has 1 aliphatic carbocycles. The van der Waals surface area contributed by atoms with Gasteiger partial charge in [-0.3, -0.25) is 9.48 Å². The Hall–Kier alpha value is -1.19. The molecular formula is C14H23N3O. The molecule has 1 heterocycles. The topological polar surface area (TPSA) is 47.8 Å². The van der Waals surface area contributed by atoms with Crippen molar-refractivity contribution in [1.29, 1.82) is 0 Å². The smallest absolute Gasteiger partial charge is 0.143 e. The molecule has 1 aromatic heterocycles. The SMILES string of the molecule is CCCC1CCC(C(=O)Cc2ncnn2C)CC1. The number of nitrogens with zero attached hydrogens (tertiary/aromatic N) is 3. The van der Waals surface area contributed by atoms with Crippen LogP contribution in [0.15, 0.2) is 6.33 Å². The van der Waals surface area contributed by atoms with Gasteiger partial charge in [-0.2, -0.15) is 5.10 Å². The first-order chi connectivity index (χ1) is 8.70. The molecule has 4 heteroatoms. The van der Waals surface area contributed by atoms with Crippen LogP contribution in [0.25, 0.3) is 0 Å². The fraction of sp³-hybridized carbons (Fsp3) is 0.786. The summed E-state index contributed by atoms with van der Waals surface area (Å²) in [6, 6.07) is 0. The molecule has 0 aliphatic heterocycles. The molecule has 0 bridgehead atoms. The van der Waals surface area contributed by atoms with Crippen LogP contribution in [0.4, 0.5) is 0 Å². The van der Waals surface area contributed by atoms with Crippen molar-refractivity contribution < 1.29 is 4.79 Å². The third-order valence-corrected chi connectivity index (χ3v) is 4.14. The minimum absolute atomic E-state index is 0.259. The zero-order valence-corrected chi connectivity index (χ0v) is 11.4. The van der Waals surface area contributed by atoms with E-state index < -0.39 is 0 Å². The van der Waals surface area contributed by atoms with Crippen molar-refractivity contribution >= 4 is 5.78 Å². The van der Waals surface area contributed by atoms with Gasteiger partial charge >= 0.3 is 0 Å². The molecule has 1 aliphatic rings. The lowest BCUT2D eigenvalue weighted by Gasteiger charge is -2.27. The molecule has 1 fully saturated rings. The maximum atomic E-state index is 12.2. The van der Waals surface area contributed by atoms with Gasteiger partial charge in [-0.05, 0) is 31.6 Å². The quantitative estimate of drug-likeness (QED) is 0.805. The number of aryl methyl sites for hydroxylation is 1. The van der Waals surface area contributed by atoms with Crippen LogP contribution in [0.3, 0.4) is 0 Å². The number of hydrogen-bond acceptors (Lipinski definition) is 3. The number of aromatic nitrogens is 3. The van der Waals surface area contributed by atoms with E-state index in [0.717, 1.165) is 24.6 Å². The highest BCUT2D eigenvalue weighted by atomic mass is 16.1. The van der Waals surface area contributed by atoms with Crippen molar-refractivity contribution in [3.63, 3.8) is 0 Å². The largest absolute Gasteiger partial charge is 0.299 e. The Morgan fingerprint density at radius 1 is 1.39 bits per heavy atom. The maximum Gasteiger partial charge on any atom is 0.143 e. The third-order valence-electron chi connectivity index (χ3n) is 4.14. The Labute approximate surface area is 109 Å². The molecule has 2 rings (SSSR count). The summed E-state index contributed by atoms with van der Waals surface area (Å²) in [5, 5.41) is 4.00. The van der Waals surface area contributed by atoms with Crippen LogP contribution >= 0.6 is 0 Å². The third kappa shape index (κ3) is 3.18. The van der Waals surface area contributed by atoms with Crippen LogP contribution in [0.2, 0.25) is 0 Å². The molecule has 0 aromatic carbocycles. The second kappa shape index (κ2) is 6.12. The fourth-order valence-electron chi connectivity index (χ4n) is 2.96. The van der Waals surface area contributed by atoms with Crippen molar-refractivity contribution in [2.75, 3.05) is 0 Å². The van der Waals surface area contributed by atoms with E-state index in [1.165, 1.54) is 32.0 Å². The zero-order chi connectivity index (χ0) is 13.0.